The predicted octanol–water partition coefficient (Wildman–Crippen LogP) is 2.48. The van der Waals surface area contributed by atoms with Gasteiger partial charge < -0.3 is 10.2 Å². The van der Waals surface area contributed by atoms with Gasteiger partial charge in [0.15, 0.2) is 0 Å². The van der Waals surface area contributed by atoms with Gasteiger partial charge in [0, 0.05) is 23.8 Å². The molecule has 1 heterocycles. The minimum absolute atomic E-state index is 0.165. The molecule has 1 atom stereocenters. The molecule has 0 saturated carbocycles. The van der Waals surface area contributed by atoms with Gasteiger partial charge in [-0.05, 0) is 44.4 Å². The lowest BCUT2D eigenvalue weighted by Crippen LogP contribution is -2.44. The van der Waals surface area contributed by atoms with Crippen molar-refractivity contribution in [1.29, 1.82) is 0 Å². The summed E-state index contributed by atoms with van der Waals surface area (Å²) < 4.78 is 0. The Morgan fingerprint density at radius 3 is 3.11 bits per heavy atom. The maximum absolute atomic E-state index is 12.2. The van der Waals surface area contributed by atoms with E-state index in [4.69, 9.17) is 6.42 Å². The van der Waals surface area contributed by atoms with Crippen LogP contribution in [-0.2, 0) is 4.79 Å². The number of carbonyl (C=O) groups excluding carboxylic acids is 1. The number of anilines is 1. The molecule has 1 saturated heterocycles. The summed E-state index contributed by atoms with van der Waals surface area (Å²) in [7, 11) is 0. The summed E-state index contributed by atoms with van der Waals surface area (Å²) in [6.07, 6.45) is 8.80. The number of terminal acetylenes is 1. The van der Waals surface area contributed by atoms with Gasteiger partial charge in [-0.3, -0.25) is 4.79 Å². The van der Waals surface area contributed by atoms with E-state index in [1.54, 1.807) is 0 Å². The minimum atomic E-state index is 0.165. The van der Waals surface area contributed by atoms with Crippen LogP contribution < -0.4 is 5.32 Å². The van der Waals surface area contributed by atoms with Crippen LogP contribution in [0.4, 0.5) is 5.69 Å². The third kappa shape index (κ3) is 3.51. The smallest absolute Gasteiger partial charge is 0.242 e. The molecular weight excluding hydrogens is 236 g/mol. The first-order valence-corrected chi connectivity index (χ1v) is 6.80. The van der Waals surface area contributed by atoms with Crippen LogP contribution in [0.1, 0.15) is 31.7 Å². The number of amides is 1. The molecule has 1 aliphatic heterocycles. The molecule has 1 aliphatic rings. The lowest BCUT2D eigenvalue weighted by atomic mass is 10.0. The molecule has 0 bridgehead atoms. The molecule has 2 rings (SSSR count). The Balaban J connectivity index is 1.91. The molecule has 1 aromatic carbocycles. The van der Waals surface area contributed by atoms with Crippen LogP contribution >= 0.6 is 0 Å². The van der Waals surface area contributed by atoms with Crippen molar-refractivity contribution in [2.45, 2.75) is 32.2 Å². The van der Waals surface area contributed by atoms with Gasteiger partial charge in [-0.25, -0.2) is 0 Å². The highest BCUT2D eigenvalue weighted by molar-refractivity contribution is 5.81. The number of rotatable bonds is 3. The van der Waals surface area contributed by atoms with Crippen molar-refractivity contribution < 1.29 is 4.79 Å². The number of carbonyl (C=O) groups is 1. The van der Waals surface area contributed by atoms with Crippen LogP contribution in [-0.4, -0.2) is 29.9 Å². The normalized spacial score (nSPS) is 18.7. The van der Waals surface area contributed by atoms with Crippen LogP contribution in [0.2, 0.25) is 0 Å². The molecule has 100 valence electrons. The molecule has 0 aliphatic carbocycles. The van der Waals surface area contributed by atoms with E-state index in [0.29, 0.717) is 12.6 Å². The molecule has 3 heteroatoms. The standard InChI is InChI=1S/C16H20N2O/c1-3-14-8-6-9-15(11-14)17-12-16(19)18-10-5-4-7-13(18)2/h1,6,8-9,11,13,17H,4-5,7,10,12H2,2H3. The Hall–Kier alpha value is -1.95. The first-order chi connectivity index (χ1) is 9.20. The lowest BCUT2D eigenvalue weighted by molar-refractivity contribution is -0.132. The molecule has 1 unspecified atom stereocenters. The Morgan fingerprint density at radius 1 is 1.53 bits per heavy atom. The molecule has 0 aromatic heterocycles. The van der Waals surface area contributed by atoms with Gasteiger partial charge in [-0.1, -0.05) is 12.0 Å². The van der Waals surface area contributed by atoms with Crippen LogP contribution in [0.3, 0.4) is 0 Å². The fourth-order valence-electron chi connectivity index (χ4n) is 2.47. The zero-order valence-corrected chi connectivity index (χ0v) is 11.4. The minimum Gasteiger partial charge on any atom is -0.376 e. The van der Waals surface area contributed by atoms with Crippen molar-refractivity contribution in [2.24, 2.45) is 0 Å². The fraction of sp³-hybridized carbons (Fsp3) is 0.438. The van der Waals surface area contributed by atoms with Gasteiger partial charge in [0.1, 0.15) is 0 Å². The third-order valence-electron chi connectivity index (χ3n) is 3.60. The Bertz CT molecular complexity index is 490. The van der Waals surface area contributed by atoms with E-state index >= 15 is 0 Å². The summed E-state index contributed by atoms with van der Waals surface area (Å²) in [6, 6.07) is 7.94. The van der Waals surface area contributed by atoms with E-state index in [2.05, 4.69) is 18.2 Å². The van der Waals surface area contributed by atoms with Crippen molar-refractivity contribution in [3.05, 3.63) is 29.8 Å². The molecular formula is C16H20N2O. The number of hydrogen-bond acceptors (Lipinski definition) is 2. The van der Waals surface area contributed by atoms with E-state index in [9.17, 15) is 4.79 Å². The largest absolute Gasteiger partial charge is 0.376 e. The van der Waals surface area contributed by atoms with Crippen LogP contribution in [0.25, 0.3) is 0 Å². The second kappa shape index (κ2) is 6.29. The first-order valence-electron chi connectivity index (χ1n) is 6.80. The molecule has 0 spiro atoms. The molecule has 1 N–H and O–H groups in total. The lowest BCUT2D eigenvalue weighted by Gasteiger charge is -2.33. The van der Waals surface area contributed by atoms with E-state index in [1.165, 1.54) is 6.42 Å². The summed E-state index contributed by atoms with van der Waals surface area (Å²) in [5.74, 6) is 2.76. The maximum atomic E-state index is 12.2. The Morgan fingerprint density at radius 2 is 2.37 bits per heavy atom. The van der Waals surface area contributed by atoms with Crippen molar-refractivity contribution in [3.8, 4) is 12.3 Å². The summed E-state index contributed by atoms with van der Waals surface area (Å²) in [6.45, 7) is 3.33. The molecule has 1 amide bonds. The van der Waals surface area contributed by atoms with Crippen molar-refractivity contribution in [1.82, 2.24) is 4.90 Å². The van der Waals surface area contributed by atoms with Gasteiger partial charge >= 0.3 is 0 Å². The van der Waals surface area contributed by atoms with Gasteiger partial charge in [0.25, 0.3) is 0 Å². The predicted molar refractivity (Wildman–Crippen MR) is 77.9 cm³/mol. The fourth-order valence-corrected chi connectivity index (χ4v) is 2.47. The SMILES string of the molecule is C#Cc1cccc(NCC(=O)N2CCCCC2C)c1. The van der Waals surface area contributed by atoms with E-state index in [0.717, 1.165) is 30.6 Å². The topological polar surface area (TPSA) is 32.3 Å². The zero-order chi connectivity index (χ0) is 13.7. The number of hydrogen-bond donors (Lipinski definition) is 1. The average Bonchev–Trinajstić information content (AvgIpc) is 2.45. The summed E-state index contributed by atoms with van der Waals surface area (Å²) >= 11 is 0. The van der Waals surface area contributed by atoms with Crippen molar-refractivity contribution in [2.75, 3.05) is 18.4 Å². The van der Waals surface area contributed by atoms with Crippen LogP contribution in [0.5, 0.6) is 0 Å². The first kappa shape index (κ1) is 13.5. The second-order valence-corrected chi connectivity index (χ2v) is 5.01. The molecule has 19 heavy (non-hydrogen) atoms. The number of nitrogens with zero attached hydrogens (tertiary/aromatic N) is 1. The van der Waals surface area contributed by atoms with E-state index < -0.39 is 0 Å². The second-order valence-electron chi connectivity index (χ2n) is 5.01. The van der Waals surface area contributed by atoms with Crippen molar-refractivity contribution >= 4 is 11.6 Å². The number of nitrogens with one attached hydrogen (secondary N) is 1. The highest BCUT2D eigenvalue weighted by Crippen LogP contribution is 2.16. The zero-order valence-electron chi connectivity index (χ0n) is 11.4. The monoisotopic (exact) mass is 256 g/mol. The van der Waals surface area contributed by atoms with E-state index in [1.807, 2.05) is 29.2 Å². The Kier molecular flexibility index (Phi) is 4.46. The molecule has 1 fully saturated rings. The van der Waals surface area contributed by atoms with Gasteiger partial charge in [0.2, 0.25) is 5.91 Å². The highest BCUT2D eigenvalue weighted by Gasteiger charge is 2.22. The molecule has 3 nitrogen and oxygen atoms in total. The van der Waals surface area contributed by atoms with E-state index in [-0.39, 0.29) is 5.91 Å². The van der Waals surface area contributed by atoms with Crippen LogP contribution in [0.15, 0.2) is 24.3 Å². The average molecular weight is 256 g/mol. The highest BCUT2D eigenvalue weighted by atomic mass is 16.2. The Labute approximate surface area is 115 Å². The van der Waals surface area contributed by atoms with Crippen LogP contribution in [0, 0.1) is 12.3 Å². The summed E-state index contributed by atoms with van der Waals surface area (Å²) in [5.41, 5.74) is 1.72. The van der Waals surface area contributed by atoms with Gasteiger partial charge in [0.05, 0.1) is 6.54 Å². The van der Waals surface area contributed by atoms with Gasteiger partial charge in [-0.2, -0.15) is 0 Å². The quantitative estimate of drug-likeness (QED) is 0.843. The number of benzene rings is 1. The third-order valence-corrected chi connectivity index (χ3v) is 3.60. The molecule has 0 radical (unpaired) electrons. The van der Waals surface area contributed by atoms with Crippen molar-refractivity contribution in [3.63, 3.8) is 0 Å². The number of likely N-dealkylation sites (tertiary alicyclic amines) is 1. The summed E-state index contributed by atoms with van der Waals surface area (Å²) in [4.78, 5) is 14.1. The maximum Gasteiger partial charge on any atom is 0.242 e. The summed E-state index contributed by atoms with van der Waals surface area (Å²) in [5, 5.41) is 3.15. The van der Waals surface area contributed by atoms with Gasteiger partial charge in [-0.15, -0.1) is 6.42 Å². The number of piperidine rings is 1. The molecule has 1 aromatic rings.